The summed E-state index contributed by atoms with van der Waals surface area (Å²) in [6.45, 7) is 5.63. The molecular weight excluding hydrogens is 260 g/mol. The van der Waals surface area contributed by atoms with E-state index >= 15 is 0 Å². The molecule has 106 valence electrons. The van der Waals surface area contributed by atoms with E-state index in [2.05, 4.69) is 15.3 Å². The Balaban J connectivity index is 1.76. The minimum absolute atomic E-state index is 0.131. The summed E-state index contributed by atoms with van der Waals surface area (Å²) in [4.78, 5) is 18.4. The van der Waals surface area contributed by atoms with Crippen LogP contribution in [0.15, 0.2) is 5.38 Å². The first-order valence-electron chi connectivity index (χ1n) is 7.09. The average molecular weight is 282 g/mol. The molecule has 1 saturated heterocycles. The van der Waals surface area contributed by atoms with Crippen LogP contribution in [0.5, 0.6) is 0 Å². The van der Waals surface area contributed by atoms with Gasteiger partial charge in [0.15, 0.2) is 0 Å². The lowest BCUT2D eigenvalue weighted by molar-refractivity contribution is -0.143. The molecular formula is C14H22N2O2S. The van der Waals surface area contributed by atoms with Gasteiger partial charge in [-0.15, -0.1) is 11.3 Å². The Labute approximate surface area is 118 Å². The molecule has 19 heavy (non-hydrogen) atoms. The summed E-state index contributed by atoms with van der Waals surface area (Å²) in [5.41, 5.74) is 1.02. The minimum Gasteiger partial charge on any atom is -0.466 e. The van der Waals surface area contributed by atoms with Gasteiger partial charge >= 0.3 is 5.97 Å². The van der Waals surface area contributed by atoms with Crippen LogP contribution in [0.25, 0.3) is 0 Å². The number of thiazole rings is 1. The van der Waals surface area contributed by atoms with Gasteiger partial charge in [-0.3, -0.25) is 9.69 Å². The molecule has 1 fully saturated rings. The van der Waals surface area contributed by atoms with Gasteiger partial charge in [0.2, 0.25) is 0 Å². The molecule has 5 heteroatoms. The zero-order chi connectivity index (χ0) is 13.5. The van der Waals surface area contributed by atoms with Crippen molar-refractivity contribution >= 4 is 17.3 Å². The van der Waals surface area contributed by atoms with Gasteiger partial charge in [-0.05, 0) is 32.9 Å². The minimum atomic E-state index is -0.131. The number of aromatic nitrogens is 1. The van der Waals surface area contributed by atoms with Crippen LogP contribution in [0.4, 0.5) is 0 Å². The summed E-state index contributed by atoms with van der Waals surface area (Å²) in [6.07, 6.45) is 5.09. The molecule has 4 nitrogen and oxygen atoms in total. The fourth-order valence-corrected chi connectivity index (χ4v) is 3.18. The van der Waals surface area contributed by atoms with Crippen molar-refractivity contribution in [3.8, 4) is 0 Å². The van der Waals surface area contributed by atoms with Crippen molar-refractivity contribution < 1.29 is 9.53 Å². The maximum absolute atomic E-state index is 11.3. The van der Waals surface area contributed by atoms with Crippen LogP contribution < -0.4 is 0 Å². The number of hydrogen-bond acceptors (Lipinski definition) is 5. The number of ether oxygens (including phenoxy) is 1. The van der Waals surface area contributed by atoms with E-state index < -0.39 is 0 Å². The number of hydrogen-bond donors (Lipinski definition) is 0. The highest BCUT2D eigenvalue weighted by Crippen LogP contribution is 2.17. The van der Waals surface area contributed by atoms with Crippen LogP contribution in [0.2, 0.25) is 0 Å². The second kappa shape index (κ2) is 7.60. The Hall–Kier alpha value is -0.940. The Morgan fingerprint density at radius 1 is 1.42 bits per heavy atom. The van der Waals surface area contributed by atoms with E-state index in [-0.39, 0.29) is 5.97 Å². The van der Waals surface area contributed by atoms with Crippen LogP contribution in [0.3, 0.4) is 0 Å². The highest BCUT2D eigenvalue weighted by molar-refractivity contribution is 7.09. The molecule has 1 aliphatic rings. The van der Waals surface area contributed by atoms with E-state index in [1.54, 1.807) is 11.3 Å². The third kappa shape index (κ3) is 4.91. The second-order valence-corrected chi connectivity index (χ2v) is 5.82. The van der Waals surface area contributed by atoms with E-state index in [1.807, 2.05) is 6.92 Å². The second-order valence-electron chi connectivity index (χ2n) is 4.87. The number of likely N-dealkylation sites (tertiary alicyclic amines) is 1. The zero-order valence-electron chi connectivity index (χ0n) is 11.6. The van der Waals surface area contributed by atoms with Crippen LogP contribution >= 0.6 is 11.3 Å². The summed E-state index contributed by atoms with van der Waals surface area (Å²) in [6, 6.07) is 0. The Morgan fingerprint density at radius 3 is 2.95 bits per heavy atom. The molecule has 0 saturated carbocycles. The third-order valence-corrected chi connectivity index (χ3v) is 4.18. The van der Waals surface area contributed by atoms with E-state index in [9.17, 15) is 4.79 Å². The molecule has 2 heterocycles. The number of rotatable bonds is 6. The van der Waals surface area contributed by atoms with Gasteiger partial charge in [0.05, 0.1) is 25.3 Å². The van der Waals surface area contributed by atoms with Crippen molar-refractivity contribution in [3.63, 3.8) is 0 Å². The van der Waals surface area contributed by atoms with Crippen LogP contribution in [-0.2, 0) is 22.5 Å². The third-order valence-electron chi connectivity index (χ3n) is 3.30. The number of piperidine rings is 1. The Morgan fingerprint density at radius 2 is 2.21 bits per heavy atom. The molecule has 0 aliphatic carbocycles. The SMILES string of the molecule is CCOC(=O)CCc1csc(CN2CCCCC2)n1. The Kier molecular flexibility index (Phi) is 5.79. The Bertz CT molecular complexity index is 400. The summed E-state index contributed by atoms with van der Waals surface area (Å²) >= 11 is 1.70. The molecule has 2 rings (SSSR count). The first kappa shape index (κ1) is 14.5. The van der Waals surface area contributed by atoms with Gasteiger partial charge in [-0.25, -0.2) is 4.98 Å². The standard InChI is InChI=1S/C14H22N2O2S/c1-2-18-14(17)7-6-12-11-19-13(15-12)10-16-8-4-3-5-9-16/h11H,2-10H2,1H3. The van der Waals surface area contributed by atoms with Crippen LogP contribution in [-0.4, -0.2) is 35.5 Å². The predicted octanol–water partition coefficient (Wildman–Crippen LogP) is 2.62. The van der Waals surface area contributed by atoms with Gasteiger partial charge in [0.25, 0.3) is 0 Å². The van der Waals surface area contributed by atoms with Gasteiger partial charge in [0.1, 0.15) is 5.01 Å². The summed E-state index contributed by atoms with van der Waals surface area (Å²) < 4.78 is 4.92. The molecule has 1 aliphatic heterocycles. The molecule has 0 bridgehead atoms. The lowest BCUT2D eigenvalue weighted by Crippen LogP contribution is -2.29. The van der Waals surface area contributed by atoms with Crippen molar-refractivity contribution in [1.82, 2.24) is 9.88 Å². The van der Waals surface area contributed by atoms with Gasteiger partial charge in [-0.1, -0.05) is 6.42 Å². The molecule has 0 spiro atoms. The number of carbonyl (C=O) groups is 1. The fourth-order valence-electron chi connectivity index (χ4n) is 2.31. The van der Waals surface area contributed by atoms with Crippen molar-refractivity contribution in [2.75, 3.05) is 19.7 Å². The number of esters is 1. The normalized spacial score (nSPS) is 16.5. The predicted molar refractivity (Wildman–Crippen MR) is 76.2 cm³/mol. The van der Waals surface area contributed by atoms with Crippen molar-refractivity contribution in [3.05, 3.63) is 16.1 Å². The zero-order valence-corrected chi connectivity index (χ0v) is 12.4. The first-order chi connectivity index (χ1) is 9.28. The van der Waals surface area contributed by atoms with E-state index in [1.165, 1.54) is 37.4 Å². The molecule has 0 amide bonds. The van der Waals surface area contributed by atoms with Crippen molar-refractivity contribution in [2.24, 2.45) is 0 Å². The fraction of sp³-hybridized carbons (Fsp3) is 0.714. The quantitative estimate of drug-likeness (QED) is 0.752. The largest absolute Gasteiger partial charge is 0.466 e. The monoisotopic (exact) mass is 282 g/mol. The highest BCUT2D eigenvalue weighted by Gasteiger charge is 2.13. The highest BCUT2D eigenvalue weighted by atomic mass is 32.1. The topological polar surface area (TPSA) is 42.4 Å². The molecule has 0 radical (unpaired) electrons. The molecule has 1 aromatic rings. The summed E-state index contributed by atoms with van der Waals surface area (Å²) in [7, 11) is 0. The van der Waals surface area contributed by atoms with E-state index in [0.717, 1.165) is 12.2 Å². The number of carbonyl (C=O) groups excluding carboxylic acids is 1. The molecule has 0 aromatic carbocycles. The lowest BCUT2D eigenvalue weighted by Gasteiger charge is -2.25. The first-order valence-corrected chi connectivity index (χ1v) is 7.97. The van der Waals surface area contributed by atoms with Crippen molar-refractivity contribution in [1.29, 1.82) is 0 Å². The maximum atomic E-state index is 11.3. The van der Waals surface area contributed by atoms with Gasteiger partial charge in [-0.2, -0.15) is 0 Å². The summed E-state index contributed by atoms with van der Waals surface area (Å²) in [5, 5.41) is 3.24. The van der Waals surface area contributed by atoms with Gasteiger partial charge < -0.3 is 4.74 Å². The molecule has 0 atom stereocenters. The number of aryl methyl sites for hydroxylation is 1. The van der Waals surface area contributed by atoms with E-state index in [0.29, 0.717) is 19.4 Å². The van der Waals surface area contributed by atoms with Gasteiger partial charge in [0, 0.05) is 11.8 Å². The maximum Gasteiger partial charge on any atom is 0.306 e. The van der Waals surface area contributed by atoms with Crippen LogP contribution in [0.1, 0.15) is 43.3 Å². The molecule has 0 unspecified atom stereocenters. The summed E-state index contributed by atoms with van der Waals surface area (Å²) in [5.74, 6) is -0.131. The van der Waals surface area contributed by atoms with Crippen molar-refractivity contribution in [2.45, 2.75) is 45.6 Å². The number of nitrogens with zero attached hydrogens (tertiary/aromatic N) is 2. The smallest absolute Gasteiger partial charge is 0.306 e. The lowest BCUT2D eigenvalue weighted by atomic mass is 10.1. The molecule has 0 N–H and O–H groups in total. The van der Waals surface area contributed by atoms with Crippen LogP contribution in [0, 0.1) is 0 Å². The average Bonchev–Trinajstić information content (AvgIpc) is 2.86. The molecule has 1 aromatic heterocycles. The van der Waals surface area contributed by atoms with E-state index in [4.69, 9.17) is 4.74 Å².